The first kappa shape index (κ1) is 24.0. The highest BCUT2D eigenvalue weighted by Crippen LogP contribution is 2.37. The van der Waals surface area contributed by atoms with Crippen LogP contribution in [0.25, 0.3) is 22.2 Å². The van der Waals surface area contributed by atoms with Crippen molar-refractivity contribution >= 4 is 39.9 Å². The Morgan fingerprint density at radius 2 is 2.09 bits per heavy atom. The van der Waals surface area contributed by atoms with Gasteiger partial charge in [-0.1, -0.05) is 17.5 Å². The molecule has 0 aliphatic rings. The number of aromatic nitrogens is 2. The normalized spacial score (nSPS) is 10.5. The molecule has 0 saturated carbocycles. The molecule has 0 bridgehead atoms. The van der Waals surface area contributed by atoms with Crippen molar-refractivity contribution in [2.24, 2.45) is 0 Å². The lowest BCUT2D eigenvalue weighted by Gasteiger charge is -2.12. The smallest absolute Gasteiger partial charge is 0.243 e. The monoisotopic (exact) mass is 494 g/mol. The molecule has 10 heteroatoms. The van der Waals surface area contributed by atoms with Gasteiger partial charge < -0.3 is 14.5 Å². The van der Waals surface area contributed by atoms with E-state index in [-0.39, 0.29) is 11.4 Å². The molecule has 0 aliphatic heterocycles. The van der Waals surface area contributed by atoms with Gasteiger partial charge in [-0.2, -0.15) is 0 Å². The summed E-state index contributed by atoms with van der Waals surface area (Å²) in [6.07, 6.45) is 2.59. The summed E-state index contributed by atoms with van der Waals surface area (Å²) in [5, 5.41) is 12.3. The van der Waals surface area contributed by atoms with Gasteiger partial charge in [-0.3, -0.25) is 10.0 Å². The average Bonchev–Trinajstić information content (AvgIpc) is 3.34. The molecular formula is C25H20ClFN4O4. The van der Waals surface area contributed by atoms with Crippen LogP contribution in [0.3, 0.4) is 0 Å². The number of amides is 1. The van der Waals surface area contributed by atoms with Gasteiger partial charge in [-0.05, 0) is 48.7 Å². The number of hydrogen-bond donors (Lipinski definition) is 3. The van der Waals surface area contributed by atoms with Crippen LogP contribution in [0.15, 0.2) is 53.2 Å². The van der Waals surface area contributed by atoms with Crippen LogP contribution in [0.1, 0.15) is 25.0 Å². The van der Waals surface area contributed by atoms with Gasteiger partial charge in [-0.25, -0.2) is 19.8 Å². The number of unbranched alkanes of at least 4 members (excludes halogenated alkanes) is 1. The maximum Gasteiger partial charge on any atom is 0.243 e. The van der Waals surface area contributed by atoms with Crippen molar-refractivity contribution in [3.63, 3.8) is 0 Å². The fraction of sp³-hybridized carbons (Fsp3) is 0.160. The van der Waals surface area contributed by atoms with Crippen LogP contribution in [0.5, 0.6) is 5.75 Å². The Kier molecular flexibility index (Phi) is 7.45. The third-order valence-corrected chi connectivity index (χ3v) is 5.34. The molecule has 4 aromatic rings. The number of benzene rings is 2. The van der Waals surface area contributed by atoms with Gasteiger partial charge in [0.2, 0.25) is 5.91 Å². The van der Waals surface area contributed by atoms with Gasteiger partial charge in [-0.15, -0.1) is 0 Å². The summed E-state index contributed by atoms with van der Waals surface area (Å²) in [7, 11) is 1.55. The Morgan fingerprint density at radius 3 is 2.86 bits per heavy atom. The third-order valence-electron chi connectivity index (χ3n) is 5.05. The summed E-state index contributed by atoms with van der Waals surface area (Å²) >= 11 is 5.90. The number of nitrogens with zero attached hydrogens (tertiary/aromatic N) is 2. The van der Waals surface area contributed by atoms with E-state index in [9.17, 15) is 9.18 Å². The van der Waals surface area contributed by atoms with E-state index in [4.69, 9.17) is 26.0 Å². The second kappa shape index (κ2) is 10.9. The Balaban J connectivity index is 1.62. The van der Waals surface area contributed by atoms with Crippen molar-refractivity contribution in [1.29, 1.82) is 0 Å². The second-order valence-electron chi connectivity index (χ2n) is 7.40. The minimum absolute atomic E-state index is 0.00314. The molecule has 0 aliphatic carbocycles. The predicted octanol–water partition coefficient (Wildman–Crippen LogP) is 5.46. The molecule has 3 N–H and O–H groups in total. The van der Waals surface area contributed by atoms with Crippen molar-refractivity contribution < 1.29 is 23.5 Å². The quantitative estimate of drug-likeness (QED) is 0.135. The number of carbonyl (C=O) groups excluding carboxylic acids is 1. The van der Waals surface area contributed by atoms with E-state index in [1.165, 1.54) is 18.5 Å². The molecule has 4 rings (SSSR count). The molecule has 0 unspecified atom stereocenters. The number of halogens is 2. The van der Waals surface area contributed by atoms with Crippen molar-refractivity contribution in [2.75, 3.05) is 12.4 Å². The summed E-state index contributed by atoms with van der Waals surface area (Å²) in [6.45, 7) is 0. The SMILES string of the molecule is COc1cc2ncnc(Nc3ccc(F)c(Cl)c3)c2cc1-c1ccc(C#CCCCC(=O)NO)o1. The molecule has 0 saturated heterocycles. The lowest BCUT2D eigenvalue weighted by molar-refractivity contribution is -0.129. The molecule has 8 nitrogen and oxygen atoms in total. The summed E-state index contributed by atoms with van der Waals surface area (Å²) in [5.74, 6) is 6.95. The molecule has 35 heavy (non-hydrogen) atoms. The number of anilines is 2. The number of furan rings is 1. The van der Waals surface area contributed by atoms with E-state index < -0.39 is 11.7 Å². The third kappa shape index (κ3) is 5.69. The molecule has 0 atom stereocenters. The minimum Gasteiger partial charge on any atom is -0.496 e. The number of rotatable bonds is 7. The van der Waals surface area contributed by atoms with E-state index >= 15 is 0 Å². The highest BCUT2D eigenvalue weighted by Gasteiger charge is 2.15. The molecule has 0 radical (unpaired) electrons. The first-order valence-corrected chi connectivity index (χ1v) is 10.9. The van der Waals surface area contributed by atoms with Gasteiger partial charge in [0.15, 0.2) is 5.76 Å². The number of nitrogens with one attached hydrogen (secondary N) is 2. The average molecular weight is 495 g/mol. The van der Waals surface area contributed by atoms with Crippen molar-refractivity contribution in [3.05, 3.63) is 65.4 Å². The van der Waals surface area contributed by atoms with Gasteiger partial charge in [0.05, 0.1) is 23.2 Å². The molecule has 2 heterocycles. The summed E-state index contributed by atoms with van der Waals surface area (Å²) in [5.41, 5.74) is 3.46. The summed E-state index contributed by atoms with van der Waals surface area (Å²) in [4.78, 5) is 19.7. The van der Waals surface area contributed by atoms with Crippen molar-refractivity contribution in [3.8, 4) is 28.9 Å². The van der Waals surface area contributed by atoms with E-state index in [1.54, 1.807) is 36.9 Å². The van der Waals surface area contributed by atoms with E-state index in [0.29, 0.717) is 58.1 Å². The molecule has 0 spiro atoms. The Bertz CT molecular complexity index is 1440. The topological polar surface area (TPSA) is 110 Å². The second-order valence-corrected chi connectivity index (χ2v) is 7.81. The minimum atomic E-state index is -0.510. The Hall–Kier alpha value is -4.13. The highest BCUT2D eigenvalue weighted by molar-refractivity contribution is 6.31. The molecule has 0 fully saturated rings. The van der Waals surface area contributed by atoms with Gasteiger partial charge in [0.25, 0.3) is 0 Å². The zero-order valence-electron chi connectivity index (χ0n) is 18.6. The van der Waals surface area contributed by atoms with E-state index in [2.05, 4.69) is 27.1 Å². The fourth-order valence-corrected chi connectivity index (χ4v) is 3.53. The van der Waals surface area contributed by atoms with Crippen LogP contribution in [-0.4, -0.2) is 28.2 Å². The van der Waals surface area contributed by atoms with E-state index in [0.717, 1.165) is 0 Å². The van der Waals surface area contributed by atoms with Crippen molar-refractivity contribution in [2.45, 2.75) is 19.3 Å². The first-order valence-electron chi connectivity index (χ1n) is 10.6. The van der Waals surface area contributed by atoms with Crippen molar-refractivity contribution in [1.82, 2.24) is 15.4 Å². The zero-order valence-corrected chi connectivity index (χ0v) is 19.3. The number of carbonyl (C=O) groups is 1. The molecule has 1 amide bonds. The highest BCUT2D eigenvalue weighted by atomic mass is 35.5. The van der Waals surface area contributed by atoms with Crippen LogP contribution >= 0.6 is 11.6 Å². The van der Waals surface area contributed by atoms with Crippen LogP contribution < -0.4 is 15.5 Å². The maximum atomic E-state index is 13.5. The summed E-state index contributed by atoms with van der Waals surface area (Å²) in [6, 6.07) is 11.4. The molecule has 178 valence electrons. The van der Waals surface area contributed by atoms with Gasteiger partial charge in [0.1, 0.15) is 29.5 Å². The lowest BCUT2D eigenvalue weighted by Crippen LogP contribution is -2.17. The molecule has 2 aromatic carbocycles. The maximum absolute atomic E-state index is 13.5. The van der Waals surface area contributed by atoms with Crippen LogP contribution in [0, 0.1) is 17.7 Å². The Labute approximate surface area is 205 Å². The van der Waals surface area contributed by atoms with Crippen LogP contribution in [0.4, 0.5) is 15.9 Å². The summed E-state index contributed by atoms with van der Waals surface area (Å²) < 4.78 is 25.0. The zero-order chi connectivity index (χ0) is 24.8. The fourth-order valence-electron chi connectivity index (χ4n) is 3.35. The first-order chi connectivity index (χ1) is 17.0. The standard InChI is InChI=1S/C25H20ClFN4O4/c1-34-23-13-21-17(25(29-14-28-21)30-15-7-9-20(27)19(26)11-15)12-18(23)22-10-8-16(35-22)5-3-2-4-6-24(32)31-33/h7-14,33H,2,4,6H2,1H3,(H,31,32)(H,28,29,30). The largest absolute Gasteiger partial charge is 0.496 e. The number of ether oxygens (including phenoxy) is 1. The predicted molar refractivity (Wildman–Crippen MR) is 129 cm³/mol. The van der Waals surface area contributed by atoms with Crippen LogP contribution in [-0.2, 0) is 4.79 Å². The number of hydroxylamine groups is 1. The number of fused-ring (bicyclic) bond motifs is 1. The van der Waals surface area contributed by atoms with Gasteiger partial charge in [0, 0.05) is 30.0 Å². The number of hydrogen-bond acceptors (Lipinski definition) is 7. The van der Waals surface area contributed by atoms with Gasteiger partial charge >= 0.3 is 0 Å². The van der Waals surface area contributed by atoms with E-state index in [1.807, 2.05) is 6.07 Å². The lowest BCUT2D eigenvalue weighted by atomic mass is 10.1. The Morgan fingerprint density at radius 1 is 1.23 bits per heavy atom. The van der Waals surface area contributed by atoms with Crippen LogP contribution in [0.2, 0.25) is 5.02 Å². The number of methoxy groups -OCH3 is 1. The molecular weight excluding hydrogens is 475 g/mol. The molecule has 2 aromatic heterocycles.